The summed E-state index contributed by atoms with van der Waals surface area (Å²) in [6.45, 7) is 2.55. The Kier molecular flexibility index (Phi) is 4.35. The fourth-order valence-corrected chi connectivity index (χ4v) is 1.90. The highest BCUT2D eigenvalue weighted by Crippen LogP contribution is 2.28. The van der Waals surface area contributed by atoms with Gasteiger partial charge < -0.3 is 20.7 Å². The van der Waals surface area contributed by atoms with Gasteiger partial charge in [-0.05, 0) is 43.3 Å². The number of nitrogens with one attached hydrogen (secondary N) is 1. The molecule has 0 aliphatic rings. The van der Waals surface area contributed by atoms with Gasteiger partial charge in [0.05, 0.1) is 12.3 Å². The van der Waals surface area contributed by atoms with E-state index in [9.17, 15) is 0 Å². The first-order valence-electron chi connectivity index (χ1n) is 6.67. The molecule has 0 unspecified atom stereocenters. The lowest BCUT2D eigenvalue weighted by molar-refractivity contribution is 0.342. The van der Waals surface area contributed by atoms with Crippen LogP contribution in [0.4, 0.5) is 22.7 Å². The average molecular weight is 271 g/mol. The highest BCUT2D eigenvalue weighted by atomic mass is 16.5. The summed E-state index contributed by atoms with van der Waals surface area (Å²) >= 11 is 0. The van der Waals surface area contributed by atoms with E-state index in [4.69, 9.17) is 10.5 Å². The van der Waals surface area contributed by atoms with Gasteiger partial charge in [-0.1, -0.05) is 0 Å². The number of ether oxygens (including phenoxy) is 1. The molecular formula is C16H21N3O. The molecule has 0 spiro atoms. The fraction of sp³-hybridized carbons (Fsp3) is 0.250. The van der Waals surface area contributed by atoms with Gasteiger partial charge in [-0.25, -0.2) is 0 Å². The minimum absolute atomic E-state index is 0.602. The number of hydrogen-bond donors (Lipinski definition) is 2. The van der Waals surface area contributed by atoms with Crippen molar-refractivity contribution >= 4 is 22.7 Å². The van der Waals surface area contributed by atoms with Crippen LogP contribution in [0.3, 0.4) is 0 Å². The molecule has 0 saturated carbocycles. The third kappa shape index (κ3) is 3.35. The van der Waals surface area contributed by atoms with Crippen LogP contribution >= 0.6 is 0 Å². The lowest BCUT2D eigenvalue weighted by Crippen LogP contribution is -2.08. The molecule has 0 amide bonds. The van der Waals surface area contributed by atoms with Crippen molar-refractivity contribution in [1.29, 1.82) is 0 Å². The van der Waals surface area contributed by atoms with Crippen LogP contribution in [-0.2, 0) is 0 Å². The number of nitrogens with zero attached hydrogens (tertiary/aromatic N) is 1. The van der Waals surface area contributed by atoms with E-state index in [1.807, 2.05) is 51.4 Å². The molecule has 2 rings (SSSR count). The lowest BCUT2D eigenvalue weighted by atomic mass is 10.2. The summed E-state index contributed by atoms with van der Waals surface area (Å²) in [5.74, 6) is 0.711. The maximum atomic E-state index is 5.86. The van der Waals surface area contributed by atoms with Crippen LogP contribution in [0, 0.1) is 0 Å². The smallest absolute Gasteiger partial charge is 0.144 e. The average Bonchev–Trinajstić information content (AvgIpc) is 2.43. The number of nitrogens with two attached hydrogens (primary N) is 1. The summed E-state index contributed by atoms with van der Waals surface area (Å²) in [5, 5.41) is 3.34. The van der Waals surface area contributed by atoms with E-state index in [0.29, 0.717) is 18.0 Å². The molecule has 0 heterocycles. The first-order valence-corrected chi connectivity index (χ1v) is 6.67. The molecule has 0 aliphatic heterocycles. The zero-order valence-electron chi connectivity index (χ0n) is 12.2. The Hall–Kier alpha value is -2.36. The van der Waals surface area contributed by atoms with Crippen molar-refractivity contribution in [2.24, 2.45) is 0 Å². The Labute approximate surface area is 120 Å². The van der Waals surface area contributed by atoms with E-state index in [-0.39, 0.29) is 0 Å². The minimum Gasteiger partial charge on any atom is -0.492 e. The van der Waals surface area contributed by atoms with Gasteiger partial charge in [0.1, 0.15) is 5.75 Å². The zero-order chi connectivity index (χ0) is 14.5. The number of benzene rings is 2. The van der Waals surface area contributed by atoms with Gasteiger partial charge in [-0.15, -0.1) is 0 Å². The zero-order valence-corrected chi connectivity index (χ0v) is 12.2. The molecular weight excluding hydrogens is 250 g/mol. The summed E-state index contributed by atoms with van der Waals surface area (Å²) in [6.07, 6.45) is 0. The molecule has 0 aliphatic carbocycles. The van der Waals surface area contributed by atoms with Gasteiger partial charge in [-0.2, -0.15) is 0 Å². The van der Waals surface area contributed by atoms with Crippen LogP contribution in [0.1, 0.15) is 6.92 Å². The number of anilines is 4. The highest BCUT2D eigenvalue weighted by Gasteiger charge is 2.02. The second kappa shape index (κ2) is 6.19. The van der Waals surface area contributed by atoms with Crippen LogP contribution in [-0.4, -0.2) is 20.7 Å². The molecule has 0 radical (unpaired) electrons. The van der Waals surface area contributed by atoms with Crippen molar-refractivity contribution in [2.45, 2.75) is 6.92 Å². The number of hydrogen-bond acceptors (Lipinski definition) is 4. The molecule has 0 aromatic heterocycles. The highest BCUT2D eigenvalue weighted by molar-refractivity contribution is 5.67. The molecule has 106 valence electrons. The summed E-state index contributed by atoms with van der Waals surface area (Å²) in [5.41, 5.74) is 9.68. The second-order valence-corrected chi connectivity index (χ2v) is 4.75. The molecule has 0 atom stereocenters. The van der Waals surface area contributed by atoms with E-state index >= 15 is 0 Å². The molecule has 3 N–H and O–H groups in total. The first-order chi connectivity index (χ1) is 9.60. The summed E-state index contributed by atoms with van der Waals surface area (Å²) in [6, 6.07) is 13.9. The van der Waals surface area contributed by atoms with E-state index in [1.54, 1.807) is 0 Å². The number of rotatable bonds is 5. The summed E-state index contributed by atoms with van der Waals surface area (Å²) in [4.78, 5) is 2.07. The van der Waals surface area contributed by atoms with Crippen LogP contribution in [0.2, 0.25) is 0 Å². The van der Waals surface area contributed by atoms with Crippen LogP contribution in [0.5, 0.6) is 5.75 Å². The Morgan fingerprint density at radius 1 is 1.05 bits per heavy atom. The van der Waals surface area contributed by atoms with Gasteiger partial charge >= 0.3 is 0 Å². The summed E-state index contributed by atoms with van der Waals surface area (Å²) < 4.78 is 5.49. The molecule has 20 heavy (non-hydrogen) atoms. The van der Waals surface area contributed by atoms with Crippen LogP contribution in [0.15, 0.2) is 42.5 Å². The topological polar surface area (TPSA) is 50.5 Å². The maximum Gasteiger partial charge on any atom is 0.144 e. The van der Waals surface area contributed by atoms with Crippen LogP contribution in [0.25, 0.3) is 0 Å². The first kappa shape index (κ1) is 14.1. The SMILES string of the molecule is CCOc1cc(Nc2ccc(N(C)C)cc2)ccc1N. The van der Waals surface area contributed by atoms with E-state index in [2.05, 4.69) is 22.3 Å². The molecule has 0 bridgehead atoms. The normalized spacial score (nSPS) is 10.2. The summed E-state index contributed by atoms with van der Waals surface area (Å²) in [7, 11) is 4.05. The molecule has 4 nitrogen and oxygen atoms in total. The predicted octanol–water partition coefficient (Wildman–Crippen LogP) is 3.48. The Morgan fingerprint density at radius 3 is 2.30 bits per heavy atom. The monoisotopic (exact) mass is 271 g/mol. The van der Waals surface area contributed by atoms with Gasteiger partial charge in [0.2, 0.25) is 0 Å². The van der Waals surface area contributed by atoms with Crippen molar-refractivity contribution in [3.8, 4) is 5.75 Å². The third-order valence-electron chi connectivity index (χ3n) is 2.99. The predicted molar refractivity (Wildman–Crippen MR) is 86.1 cm³/mol. The Bertz CT molecular complexity index is 564. The second-order valence-electron chi connectivity index (χ2n) is 4.75. The molecule has 0 fully saturated rings. The van der Waals surface area contributed by atoms with E-state index in [1.165, 1.54) is 5.69 Å². The van der Waals surface area contributed by atoms with Gasteiger partial charge in [0.25, 0.3) is 0 Å². The Morgan fingerprint density at radius 2 is 1.70 bits per heavy atom. The van der Waals surface area contributed by atoms with Crippen LogP contribution < -0.4 is 20.7 Å². The van der Waals surface area contributed by atoms with Gasteiger partial charge in [0.15, 0.2) is 0 Å². The van der Waals surface area contributed by atoms with Gasteiger partial charge in [0, 0.05) is 37.2 Å². The quantitative estimate of drug-likeness (QED) is 0.817. The van der Waals surface area contributed by atoms with Crippen molar-refractivity contribution in [3.63, 3.8) is 0 Å². The lowest BCUT2D eigenvalue weighted by Gasteiger charge is -2.14. The largest absolute Gasteiger partial charge is 0.492 e. The van der Waals surface area contributed by atoms with E-state index in [0.717, 1.165) is 11.4 Å². The standard InChI is InChI=1S/C16H21N3O/c1-4-20-16-11-13(7-10-15(16)17)18-12-5-8-14(9-6-12)19(2)3/h5-11,18H,4,17H2,1-3H3. The third-order valence-corrected chi connectivity index (χ3v) is 2.99. The molecule has 2 aromatic rings. The van der Waals surface area contributed by atoms with Crippen molar-refractivity contribution in [2.75, 3.05) is 36.7 Å². The Balaban J connectivity index is 2.15. The fourth-order valence-electron chi connectivity index (χ4n) is 1.90. The number of nitrogen functional groups attached to an aromatic ring is 1. The van der Waals surface area contributed by atoms with Crippen molar-refractivity contribution in [3.05, 3.63) is 42.5 Å². The molecule has 2 aromatic carbocycles. The molecule has 0 saturated heterocycles. The van der Waals surface area contributed by atoms with Crippen molar-refractivity contribution < 1.29 is 4.74 Å². The van der Waals surface area contributed by atoms with Gasteiger partial charge in [-0.3, -0.25) is 0 Å². The van der Waals surface area contributed by atoms with Crippen molar-refractivity contribution in [1.82, 2.24) is 0 Å². The minimum atomic E-state index is 0.602. The maximum absolute atomic E-state index is 5.86. The molecule has 4 heteroatoms. The van der Waals surface area contributed by atoms with E-state index < -0.39 is 0 Å².